The van der Waals surface area contributed by atoms with Gasteiger partial charge in [0, 0.05) is 11.6 Å². The lowest BCUT2D eigenvalue weighted by atomic mass is 10.2. The molecule has 0 atom stereocenters. The average Bonchev–Trinajstić information content (AvgIpc) is 2.18. The second kappa shape index (κ2) is 3.88. The second-order valence-corrected chi connectivity index (χ2v) is 3.37. The fourth-order valence-electron chi connectivity index (χ4n) is 1.24. The van der Waals surface area contributed by atoms with Crippen molar-refractivity contribution in [2.45, 2.75) is 0 Å². The van der Waals surface area contributed by atoms with Crippen molar-refractivity contribution in [2.24, 2.45) is 0 Å². The summed E-state index contributed by atoms with van der Waals surface area (Å²) in [7, 11) is -2.41. The highest BCUT2D eigenvalue weighted by Crippen LogP contribution is 2.32. The molecule has 4 nitrogen and oxygen atoms in total. The molecule has 0 aliphatic rings. The maximum atomic E-state index is 8.72. The highest BCUT2D eigenvalue weighted by atomic mass is 31.2. The van der Waals surface area contributed by atoms with Crippen LogP contribution in [0.3, 0.4) is 0 Å². The molecular formula is C9H8NO3P. The number of hydrogen-bond donors (Lipinski definition) is 2. The van der Waals surface area contributed by atoms with Crippen molar-refractivity contribution >= 4 is 19.4 Å². The van der Waals surface area contributed by atoms with Gasteiger partial charge in [-0.25, -0.2) is 4.98 Å². The lowest BCUT2D eigenvalue weighted by Crippen LogP contribution is -1.89. The van der Waals surface area contributed by atoms with Gasteiger partial charge in [-0.3, -0.25) is 0 Å². The van der Waals surface area contributed by atoms with Crippen LogP contribution in [0.5, 0.6) is 5.88 Å². The number of hydrogen-bond acceptors (Lipinski definition) is 4. The van der Waals surface area contributed by atoms with Gasteiger partial charge in [-0.15, -0.1) is 0 Å². The van der Waals surface area contributed by atoms with Gasteiger partial charge < -0.3 is 14.3 Å². The zero-order chi connectivity index (χ0) is 9.97. The second-order valence-electron chi connectivity index (χ2n) is 2.68. The molecule has 1 aromatic carbocycles. The van der Waals surface area contributed by atoms with Crippen molar-refractivity contribution in [1.29, 1.82) is 0 Å². The van der Waals surface area contributed by atoms with Gasteiger partial charge in [0.2, 0.25) is 5.88 Å². The quantitative estimate of drug-likeness (QED) is 0.740. The number of aromatic nitrogens is 1. The van der Waals surface area contributed by atoms with Crippen molar-refractivity contribution in [3.8, 4) is 5.88 Å². The molecule has 0 fully saturated rings. The van der Waals surface area contributed by atoms with Crippen LogP contribution >= 0.6 is 8.60 Å². The van der Waals surface area contributed by atoms with Gasteiger partial charge in [-0.1, -0.05) is 18.2 Å². The summed E-state index contributed by atoms with van der Waals surface area (Å²) in [6.45, 7) is 0. The van der Waals surface area contributed by atoms with Gasteiger partial charge in [0.15, 0.2) is 0 Å². The first-order chi connectivity index (χ1) is 6.77. The maximum absolute atomic E-state index is 8.72. The Labute approximate surface area is 81.8 Å². The maximum Gasteiger partial charge on any atom is 0.392 e. The van der Waals surface area contributed by atoms with Crippen LogP contribution in [0, 0.1) is 0 Å². The molecule has 0 saturated carbocycles. The predicted molar refractivity (Wildman–Crippen MR) is 53.7 cm³/mol. The fourth-order valence-corrected chi connectivity index (χ4v) is 1.54. The predicted octanol–water partition coefficient (Wildman–Crippen LogP) is 1.83. The summed E-state index contributed by atoms with van der Waals surface area (Å²) in [5, 5.41) is 1.72. The third-order valence-electron chi connectivity index (χ3n) is 1.81. The smallest absolute Gasteiger partial charge is 0.392 e. The normalized spacial score (nSPS) is 10.8. The molecule has 0 bridgehead atoms. The third kappa shape index (κ3) is 1.82. The molecule has 72 valence electrons. The molecule has 0 aliphatic carbocycles. The molecule has 14 heavy (non-hydrogen) atoms. The Morgan fingerprint density at radius 1 is 1.14 bits per heavy atom. The van der Waals surface area contributed by atoms with E-state index in [4.69, 9.17) is 14.3 Å². The average molecular weight is 209 g/mol. The molecule has 1 heterocycles. The van der Waals surface area contributed by atoms with E-state index < -0.39 is 8.60 Å². The minimum atomic E-state index is -2.41. The first-order valence-corrected chi connectivity index (χ1v) is 5.13. The van der Waals surface area contributed by atoms with Gasteiger partial charge in [0.05, 0.1) is 0 Å². The molecule has 0 aliphatic heterocycles. The minimum Gasteiger partial charge on any atom is -0.408 e. The fraction of sp³-hybridized carbons (Fsp3) is 0. The van der Waals surface area contributed by atoms with Gasteiger partial charge in [-0.05, 0) is 17.5 Å². The highest BCUT2D eigenvalue weighted by Gasteiger charge is 2.07. The molecule has 0 amide bonds. The van der Waals surface area contributed by atoms with Crippen LogP contribution in [0.4, 0.5) is 0 Å². The number of benzene rings is 1. The van der Waals surface area contributed by atoms with E-state index in [1.54, 1.807) is 6.20 Å². The topological polar surface area (TPSA) is 62.6 Å². The molecule has 5 heteroatoms. The van der Waals surface area contributed by atoms with E-state index in [2.05, 4.69) is 4.98 Å². The SMILES string of the molecule is OP(O)Oc1nccc2ccccc12. The van der Waals surface area contributed by atoms with E-state index in [9.17, 15) is 0 Å². The molecule has 2 N–H and O–H groups in total. The molecule has 2 aromatic rings. The largest absolute Gasteiger partial charge is 0.408 e. The van der Waals surface area contributed by atoms with Crippen LogP contribution in [0.25, 0.3) is 10.8 Å². The molecule has 0 saturated heterocycles. The lowest BCUT2D eigenvalue weighted by Gasteiger charge is -2.06. The summed E-state index contributed by atoms with van der Waals surface area (Å²) in [5.74, 6) is 0.249. The molecule has 0 spiro atoms. The van der Waals surface area contributed by atoms with E-state index in [1.807, 2.05) is 30.3 Å². The number of rotatable bonds is 2. The number of pyridine rings is 1. The van der Waals surface area contributed by atoms with Gasteiger partial charge >= 0.3 is 8.60 Å². The van der Waals surface area contributed by atoms with E-state index >= 15 is 0 Å². The Bertz CT molecular complexity index is 442. The van der Waals surface area contributed by atoms with Crippen molar-refractivity contribution in [2.75, 3.05) is 0 Å². The molecular weight excluding hydrogens is 201 g/mol. The van der Waals surface area contributed by atoms with E-state index in [0.717, 1.165) is 10.8 Å². The zero-order valence-electron chi connectivity index (χ0n) is 7.16. The van der Waals surface area contributed by atoms with Crippen molar-refractivity contribution in [3.63, 3.8) is 0 Å². The Balaban J connectivity index is 2.53. The third-order valence-corrected chi connectivity index (χ3v) is 2.14. The molecule has 0 unspecified atom stereocenters. The monoisotopic (exact) mass is 209 g/mol. The summed E-state index contributed by atoms with van der Waals surface area (Å²) in [4.78, 5) is 21.4. The Kier molecular flexibility index (Phi) is 2.59. The van der Waals surface area contributed by atoms with Crippen LogP contribution in [0.15, 0.2) is 36.5 Å². The summed E-state index contributed by atoms with van der Waals surface area (Å²) in [6, 6.07) is 9.29. The first kappa shape index (κ1) is 9.34. The van der Waals surface area contributed by atoms with Gasteiger partial charge in [0.25, 0.3) is 0 Å². The standard InChI is InChI=1S/C9H8NO3P/c11-14(12)13-9-8-4-2-1-3-7(8)5-6-10-9/h1-6,11-12H. The summed E-state index contributed by atoms with van der Waals surface area (Å²) >= 11 is 0. The summed E-state index contributed by atoms with van der Waals surface area (Å²) < 4.78 is 4.79. The first-order valence-electron chi connectivity index (χ1n) is 3.97. The summed E-state index contributed by atoms with van der Waals surface area (Å²) in [6.07, 6.45) is 1.57. The van der Waals surface area contributed by atoms with Crippen LogP contribution in [0.1, 0.15) is 0 Å². The van der Waals surface area contributed by atoms with Crippen LogP contribution in [0.2, 0.25) is 0 Å². The highest BCUT2D eigenvalue weighted by molar-refractivity contribution is 7.39. The molecule has 1 aromatic heterocycles. The van der Waals surface area contributed by atoms with E-state index in [0.29, 0.717) is 0 Å². The Hall–Kier alpha value is -1.22. The Morgan fingerprint density at radius 3 is 2.71 bits per heavy atom. The minimum absolute atomic E-state index is 0.249. The molecule has 2 rings (SSSR count). The van der Waals surface area contributed by atoms with E-state index in [1.165, 1.54) is 0 Å². The Morgan fingerprint density at radius 2 is 1.93 bits per heavy atom. The van der Waals surface area contributed by atoms with Gasteiger partial charge in [0.1, 0.15) is 0 Å². The van der Waals surface area contributed by atoms with E-state index in [-0.39, 0.29) is 5.88 Å². The number of nitrogens with zero attached hydrogens (tertiary/aromatic N) is 1. The summed E-state index contributed by atoms with van der Waals surface area (Å²) in [5.41, 5.74) is 0. The van der Waals surface area contributed by atoms with Crippen molar-refractivity contribution < 1.29 is 14.3 Å². The molecule has 0 radical (unpaired) electrons. The van der Waals surface area contributed by atoms with Crippen LogP contribution in [-0.4, -0.2) is 14.8 Å². The number of fused-ring (bicyclic) bond motifs is 1. The van der Waals surface area contributed by atoms with Crippen LogP contribution < -0.4 is 4.52 Å². The lowest BCUT2D eigenvalue weighted by molar-refractivity contribution is 0.371. The van der Waals surface area contributed by atoms with Crippen molar-refractivity contribution in [3.05, 3.63) is 36.5 Å². The van der Waals surface area contributed by atoms with Gasteiger partial charge in [-0.2, -0.15) is 0 Å². The zero-order valence-corrected chi connectivity index (χ0v) is 8.06. The van der Waals surface area contributed by atoms with Crippen molar-refractivity contribution in [1.82, 2.24) is 4.98 Å². The van der Waals surface area contributed by atoms with Crippen LogP contribution in [-0.2, 0) is 0 Å².